The van der Waals surface area contributed by atoms with E-state index < -0.39 is 0 Å². The fraction of sp³-hybridized carbons (Fsp3) is 0.533. The van der Waals surface area contributed by atoms with Crippen LogP contribution >= 0.6 is 0 Å². The van der Waals surface area contributed by atoms with E-state index in [1.54, 1.807) is 7.11 Å². The van der Waals surface area contributed by atoms with E-state index in [1.165, 1.54) is 18.4 Å². The lowest BCUT2D eigenvalue weighted by Crippen LogP contribution is -2.44. The Labute approximate surface area is 114 Å². The largest absolute Gasteiger partial charge is 0.496 e. The lowest BCUT2D eigenvalue weighted by atomic mass is 9.93. The van der Waals surface area contributed by atoms with E-state index >= 15 is 0 Å². The van der Waals surface area contributed by atoms with Crippen molar-refractivity contribution in [3.63, 3.8) is 0 Å². The summed E-state index contributed by atoms with van der Waals surface area (Å²) in [7, 11) is 1.70. The number of methoxy groups -OCH3 is 1. The molecule has 0 saturated heterocycles. The van der Waals surface area contributed by atoms with Gasteiger partial charge in [0.2, 0.25) is 0 Å². The van der Waals surface area contributed by atoms with Crippen LogP contribution in [-0.4, -0.2) is 19.0 Å². The van der Waals surface area contributed by atoms with Crippen LogP contribution in [0.4, 0.5) is 0 Å². The molecule has 2 aliphatic rings. The highest BCUT2D eigenvalue weighted by Crippen LogP contribution is 2.49. The molecule has 1 heterocycles. The number of nitrogens with zero attached hydrogens (tertiary/aromatic N) is 1. The summed E-state index contributed by atoms with van der Waals surface area (Å²) in [6.07, 6.45) is 2.42. The third-order valence-corrected chi connectivity index (χ3v) is 4.19. The number of rotatable bonds is 3. The highest BCUT2D eigenvalue weighted by molar-refractivity contribution is 5.88. The van der Waals surface area contributed by atoms with Crippen LogP contribution in [0.1, 0.15) is 30.9 Å². The van der Waals surface area contributed by atoms with Crippen molar-refractivity contribution >= 4 is 5.84 Å². The minimum absolute atomic E-state index is 0.142. The highest BCUT2D eigenvalue weighted by atomic mass is 16.5. The highest BCUT2D eigenvalue weighted by Gasteiger charge is 2.50. The Morgan fingerprint density at radius 2 is 2.16 bits per heavy atom. The Bertz CT molecular complexity index is 536. The first-order chi connectivity index (χ1) is 9.06. The van der Waals surface area contributed by atoms with E-state index in [4.69, 9.17) is 15.5 Å². The molecule has 1 aromatic carbocycles. The smallest absolute Gasteiger partial charge is 0.141 e. The topological polar surface area (TPSA) is 59.6 Å². The molecule has 2 unspecified atom stereocenters. The predicted octanol–water partition coefficient (Wildman–Crippen LogP) is 1.92. The second-order valence-electron chi connectivity index (χ2n) is 5.63. The quantitative estimate of drug-likeness (QED) is 0.871. The van der Waals surface area contributed by atoms with Gasteiger partial charge in [-0.2, -0.15) is 0 Å². The van der Waals surface area contributed by atoms with Crippen molar-refractivity contribution in [1.29, 1.82) is 0 Å². The number of hydrogen-bond donors (Lipinski definition) is 2. The fourth-order valence-corrected chi connectivity index (χ4v) is 2.95. The van der Waals surface area contributed by atoms with Crippen LogP contribution in [0, 0.1) is 12.8 Å². The summed E-state index contributed by atoms with van der Waals surface area (Å²) >= 11 is 0. The number of aliphatic imine (C=N–C) groups is 1. The second-order valence-corrected chi connectivity index (χ2v) is 5.63. The number of hydrogen-bond acceptors (Lipinski definition) is 4. The molecule has 0 aromatic heterocycles. The maximum Gasteiger partial charge on any atom is 0.141 e. The lowest BCUT2D eigenvalue weighted by molar-refractivity contribution is 0.318. The molecule has 102 valence electrons. The number of nitrogens with one attached hydrogen (secondary N) is 1. The Hall–Kier alpha value is -1.55. The summed E-state index contributed by atoms with van der Waals surface area (Å²) in [5.74, 6) is 2.18. The molecule has 1 aliphatic heterocycles. The monoisotopic (exact) mass is 259 g/mol. The SMILES string of the molecule is COc1ccc(C2(C3CC3)N=C(N)C(C)N2)cc1C. The molecule has 0 bridgehead atoms. The molecule has 19 heavy (non-hydrogen) atoms. The summed E-state index contributed by atoms with van der Waals surface area (Å²) < 4.78 is 5.33. The summed E-state index contributed by atoms with van der Waals surface area (Å²) in [5, 5.41) is 3.59. The molecule has 1 fully saturated rings. The average Bonchev–Trinajstić information content (AvgIpc) is 3.18. The van der Waals surface area contributed by atoms with Gasteiger partial charge in [-0.15, -0.1) is 0 Å². The summed E-state index contributed by atoms with van der Waals surface area (Å²) in [4.78, 5) is 4.77. The van der Waals surface area contributed by atoms with Crippen LogP contribution in [-0.2, 0) is 5.66 Å². The maximum atomic E-state index is 6.01. The molecule has 1 saturated carbocycles. The standard InChI is InChI=1S/C15H21N3O/c1-9-8-12(6-7-13(9)19-3)15(11-4-5-11)17-10(2)14(16)18-15/h6-8,10-11,17H,4-5H2,1-3H3,(H2,16,18). The first kappa shape index (κ1) is 12.5. The van der Waals surface area contributed by atoms with Crippen LogP contribution in [0.5, 0.6) is 5.75 Å². The third-order valence-electron chi connectivity index (χ3n) is 4.19. The number of aryl methyl sites for hydroxylation is 1. The van der Waals surface area contributed by atoms with Gasteiger partial charge in [0.25, 0.3) is 0 Å². The summed E-state index contributed by atoms with van der Waals surface area (Å²) in [6, 6.07) is 6.43. The molecule has 0 amide bonds. The van der Waals surface area contributed by atoms with Crippen LogP contribution in [0.2, 0.25) is 0 Å². The molecule has 3 rings (SSSR count). The van der Waals surface area contributed by atoms with E-state index in [9.17, 15) is 0 Å². The molecule has 3 N–H and O–H groups in total. The van der Waals surface area contributed by atoms with E-state index in [0.29, 0.717) is 11.8 Å². The van der Waals surface area contributed by atoms with Gasteiger partial charge in [-0.1, -0.05) is 6.07 Å². The fourth-order valence-electron chi connectivity index (χ4n) is 2.95. The Morgan fingerprint density at radius 1 is 1.42 bits per heavy atom. The van der Waals surface area contributed by atoms with Gasteiger partial charge < -0.3 is 10.5 Å². The number of ether oxygens (including phenoxy) is 1. The molecule has 4 heteroatoms. The average molecular weight is 259 g/mol. The van der Waals surface area contributed by atoms with E-state index in [-0.39, 0.29) is 11.7 Å². The number of nitrogens with two attached hydrogens (primary N) is 1. The van der Waals surface area contributed by atoms with Crippen molar-refractivity contribution in [1.82, 2.24) is 5.32 Å². The summed E-state index contributed by atoms with van der Waals surface area (Å²) in [6.45, 7) is 4.13. The van der Waals surface area contributed by atoms with Crippen LogP contribution < -0.4 is 15.8 Å². The maximum absolute atomic E-state index is 6.01. The summed E-state index contributed by atoms with van der Waals surface area (Å²) in [5.41, 5.74) is 8.02. The van der Waals surface area contributed by atoms with Crippen molar-refractivity contribution in [2.75, 3.05) is 7.11 Å². The molecule has 2 atom stereocenters. The Kier molecular flexibility index (Phi) is 2.78. The molecular formula is C15H21N3O. The van der Waals surface area contributed by atoms with Gasteiger partial charge in [0, 0.05) is 5.92 Å². The van der Waals surface area contributed by atoms with Gasteiger partial charge in [0.15, 0.2) is 0 Å². The van der Waals surface area contributed by atoms with Crippen molar-refractivity contribution < 1.29 is 4.74 Å². The number of amidine groups is 1. The Morgan fingerprint density at radius 3 is 2.63 bits per heavy atom. The molecular weight excluding hydrogens is 238 g/mol. The predicted molar refractivity (Wildman–Crippen MR) is 76.4 cm³/mol. The second kappa shape index (κ2) is 4.23. The molecule has 4 nitrogen and oxygen atoms in total. The third kappa shape index (κ3) is 1.91. The normalized spacial score (nSPS) is 30.3. The molecule has 1 aliphatic carbocycles. The van der Waals surface area contributed by atoms with E-state index in [2.05, 4.69) is 31.3 Å². The lowest BCUT2D eigenvalue weighted by Gasteiger charge is -2.29. The zero-order valence-corrected chi connectivity index (χ0v) is 11.7. The van der Waals surface area contributed by atoms with Gasteiger partial charge in [-0.25, -0.2) is 4.99 Å². The minimum Gasteiger partial charge on any atom is -0.496 e. The van der Waals surface area contributed by atoms with Crippen LogP contribution in [0.25, 0.3) is 0 Å². The first-order valence-corrected chi connectivity index (χ1v) is 6.85. The zero-order chi connectivity index (χ0) is 13.6. The van der Waals surface area contributed by atoms with Crippen molar-refractivity contribution in [3.05, 3.63) is 29.3 Å². The van der Waals surface area contributed by atoms with Crippen LogP contribution in [0.3, 0.4) is 0 Å². The van der Waals surface area contributed by atoms with E-state index in [0.717, 1.165) is 11.3 Å². The minimum atomic E-state index is -0.319. The van der Waals surface area contributed by atoms with Crippen molar-refractivity contribution in [2.24, 2.45) is 16.6 Å². The number of benzene rings is 1. The first-order valence-electron chi connectivity index (χ1n) is 6.85. The molecule has 1 aromatic rings. The Balaban J connectivity index is 2.05. The molecule has 0 spiro atoms. The zero-order valence-electron chi connectivity index (χ0n) is 11.7. The van der Waals surface area contributed by atoms with Crippen molar-refractivity contribution in [2.45, 2.75) is 38.4 Å². The van der Waals surface area contributed by atoms with E-state index in [1.807, 2.05) is 6.07 Å². The van der Waals surface area contributed by atoms with Gasteiger partial charge in [0.05, 0.1) is 13.2 Å². The van der Waals surface area contributed by atoms with Crippen molar-refractivity contribution in [3.8, 4) is 5.75 Å². The van der Waals surface area contributed by atoms with Crippen LogP contribution in [0.15, 0.2) is 23.2 Å². The van der Waals surface area contributed by atoms with Gasteiger partial charge >= 0.3 is 0 Å². The van der Waals surface area contributed by atoms with Gasteiger partial charge in [-0.05, 0) is 49.9 Å². The van der Waals surface area contributed by atoms with Gasteiger partial charge in [0.1, 0.15) is 17.2 Å². The van der Waals surface area contributed by atoms with Gasteiger partial charge in [-0.3, -0.25) is 5.32 Å². The molecule has 0 radical (unpaired) electrons.